The minimum absolute atomic E-state index is 0.626. The Morgan fingerprint density at radius 2 is 2.19 bits per heavy atom. The number of halogens is 1. The van der Waals surface area contributed by atoms with Crippen LogP contribution in [0.15, 0.2) is 18.3 Å². The Balaban J connectivity index is 2.27. The van der Waals surface area contributed by atoms with Crippen molar-refractivity contribution in [3.63, 3.8) is 0 Å². The average molecular weight is 238 g/mol. The fraction of sp³-hybridized carbons (Fsp3) is 0.300. The van der Waals surface area contributed by atoms with E-state index in [1.807, 2.05) is 26.1 Å². The molecule has 0 unspecified atom stereocenters. The Morgan fingerprint density at radius 3 is 2.69 bits per heavy atom. The van der Waals surface area contributed by atoms with Crippen molar-refractivity contribution in [2.24, 2.45) is 0 Å². The van der Waals surface area contributed by atoms with Gasteiger partial charge >= 0.3 is 0 Å². The van der Waals surface area contributed by atoms with Crippen LogP contribution in [0.25, 0.3) is 5.82 Å². The van der Waals surface area contributed by atoms with E-state index in [-0.39, 0.29) is 0 Å². The van der Waals surface area contributed by atoms with E-state index in [0.717, 1.165) is 11.4 Å². The number of nitrogens with zero attached hydrogens (tertiary/aromatic N) is 4. The summed E-state index contributed by atoms with van der Waals surface area (Å²) in [7, 11) is 1.87. The highest BCUT2D eigenvalue weighted by Crippen LogP contribution is 2.14. The van der Waals surface area contributed by atoms with Crippen LogP contribution in [0, 0.1) is 6.92 Å². The predicted octanol–water partition coefficient (Wildman–Crippen LogP) is 1.34. The van der Waals surface area contributed by atoms with Crippen molar-refractivity contribution in [3.8, 4) is 5.82 Å². The molecule has 1 N–H and O–H groups in total. The summed E-state index contributed by atoms with van der Waals surface area (Å²) in [6.07, 6.45) is 1.72. The molecule has 0 amide bonds. The van der Waals surface area contributed by atoms with Crippen LogP contribution in [-0.2, 0) is 6.54 Å². The molecule has 0 aliphatic rings. The van der Waals surface area contributed by atoms with Crippen molar-refractivity contribution in [2.75, 3.05) is 7.05 Å². The maximum Gasteiger partial charge on any atom is 0.175 e. The van der Waals surface area contributed by atoms with Gasteiger partial charge in [0.15, 0.2) is 5.82 Å². The third kappa shape index (κ3) is 2.20. The van der Waals surface area contributed by atoms with Gasteiger partial charge in [0.2, 0.25) is 0 Å². The Hall–Kier alpha value is -1.46. The summed E-state index contributed by atoms with van der Waals surface area (Å²) in [4.78, 5) is 0. The molecule has 16 heavy (non-hydrogen) atoms. The van der Waals surface area contributed by atoms with Crippen molar-refractivity contribution >= 4 is 11.6 Å². The summed E-state index contributed by atoms with van der Waals surface area (Å²) < 4.78 is 1.62. The number of aryl methyl sites for hydroxylation is 1. The molecule has 2 aromatic rings. The summed E-state index contributed by atoms with van der Waals surface area (Å²) in [5, 5.41) is 16.0. The van der Waals surface area contributed by atoms with Gasteiger partial charge in [-0.2, -0.15) is 10.2 Å². The predicted molar refractivity (Wildman–Crippen MR) is 61.7 cm³/mol. The Bertz CT molecular complexity index is 457. The number of aromatic nitrogens is 4. The molecule has 0 saturated heterocycles. The Kier molecular flexibility index (Phi) is 3.17. The van der Waals surface area contributed by atoms with Crippen LogP contribution in [0.1, 0.15) is 11.4 Å². The smallest absolute Gasteiger partial charge is 0.175 e. The second-order valence-corrected chi connectivity index (χ2v) is 3.83. The molecule has 2 rings (SSSR count). The summed E-state index contributed by atoms with van der Waals surface area (Å²) in [5.74, 6) is 0.662. The van der Waals surface area contributed by atoms with Gasteiger partial charge in [0.1, 0.15) is 0 Å². The summed E-state index contributed by atoms with van der Waals surface area (Å²) in [6, 6.07) is 3.77. The fourth-order valence-corrected chi connectivity index (χ4v) is 1.44. The number of hydrogen-bond acceptors (Lipinski definition) is 4. The monoisotopic (exact) mass is 237 g/mol. The summed E-state index contributed by atoms with van der Waals surface area (Å²) in [6.45, 7) is 2.55. The second-order valence-electron chi connectivity index (χ2n) is 3.42. The summed E-state index contributed by atoms with van der Waals surface area (Å²) in [5.41, 5.74) is 1.67. The van der Waals surface area contributed by atoms with Crippen LogP contribution < -0.4 is 5.32 Å². The molecule has 0 atom stereocenters. The third-order valence-electron chi connectivity index (χ3n) is 2.14. The lowest BCUT2D eigenvalue weighted by molar-refractivity contribution is 0.743. The Labute approximate surface area is 98.5 Å². The van der Waals surface area contributed by atoms with Gasteiger partial charge in [-0.3, -0.25) is 0 Å². The second kappa shape index (κ2) is 4.59. The fourth-order valence-electron chi connectivity index (χ4n) is 1.31. The number of nitrogens with one attached hydrogen (secondary N) is 1. The molecule has 0 aliphatic carbocycles. The molecule has 0 aliphatic heterocycles. The lowest BCUT2D eigenvalue weighted by atomic mass is 10.4. The first-order chi connectivity index (χ1) is 7.70. The van der Waals surface area contributed by atoms with Gasteiger partial charge in [0.25, 0.3) is 0 Å². The maximum atomic E-state index is 5.92. The number of hydrogen-bond donors (Lipinski definition) is 1. The van der Waals surface area contributed by atoms with Gasteiger partial charge in [-0.05, 0) is 26.1 Å². The molecule has 2 heterocycles. The topological polar surface area (TPSA) is 55.6 Å². The SMILES string of the molecule is CNCc1ccc(-n2cc(Cl)c(C)n2)nn1. The lowest BCUT2D eigenvalue weighted by Gasteiger charge is -2.01. The Morgan fingerprint density at radius 1 is 1.38 bits per heavy atom. The zero-order chi connectivity index (χ0) is 11.5. The molecule has 0 radical (unpaired) electrons. The minimum atomic E-state index is 0.626. The molecule has 0 spiro atoms. The maximum absolute atomic E-state index is 5.92. The normalized spacial score (nSPS) is 10.7. The van der Waals surface area contributed by atoms with Crippen molar-refractivity contribution in [1.82, 2.24) is 25.3 Å². The summed E-state index contributed by atoms with van der Waals surface area (Å²) >= 11 is 5.92. The molecule has 5 nitrogen and oxygen atoms in total. The van der Waals surface area contributed by atoms with E-state index >= 15 is 0 Å². The first-order valence-electron chi connectivity index (χ1n) is 4.90. The molecule has 0 aromatic carbocycles. The molecule has 6 heteroatoms. The highest BCUT2D eigenvalue weighted by molar-refractivity contribution is 6.31. The van der Waals surface area contributed by atoms with Gasteiger partial charge < -0.3 is 5.32 Å². The van der Waals surface area contributed by atoms with Crippen molar-refractivity contribution < 1.29 is 0 Å². The molecule has 0 saturated carbocycles. The van der Waals surface area contributed by atoms with Crippen molar-refractivity contribution in [2.45, 2.75) is 13.5 Å². The van der Waals surface area contributed by atoms with Gasteiger partial charge in [0, 0.05) is 6.54 Å². The van der Waals surface area contributed by atoms with Crippen LogP contribution in [0.2, 0.25) is 5.02 Å². The lowest BCUT2D eigenvalue weighted by Crippen LogP contribution is -2.09. The molecule has 84 valence electrons. The average Bonchev–Trinajstić information content (AvgIpc) is 2.61. The highest BCUT2D eigenvalue weighted by atomic mass is 35.5. The van der Waals surface area contributed by atoms with Gasteiger partial charge in [-0.1, -0.05) is 11.6 Å². The zero-order valence-electron chi connectivity index (χ0n) is 9.11. The largest absolute Gasteiger partial charge is 0.314 e. The molecule has 0 fully saturated rings. The van der Waals surface area contributed by atoms with Crippen LogP contribution in [-0.4, -0.2) is 27.0 Å². The van der Waals surface area contributed by atoms with E-state index in [1.165, 1.54) is 0 Å². The first-order valence-corrected chi connectivity index (χ1v) is 5.28. The highest BCUT2D eigenvalue weighted by Gasteiger charge is 2.05. The zero-order valence-corrected chi connectivity index (χ0v) is 9.86. The molecular weight excluding hydrogens is 226 g/mol. The van der Waals surface area contributed by atoms with E-state index < -0.39 is 0 Å². The van der Waals surface area contributed by atoms with E-state index in [4.69, 9.17) is 11.6 Å². The van der Waals surface area contributed by atoms with Crippen LogP contribution in [0.4, 0.5) is 0 Å². The molecular formula is C10H12ClN5. The van der Waals surface area contributed by atoms with Crippen LogP contribution in [0.5, 0.6) is 0 Å². The van der Waals surface area contributed by atoms with Crippen molar-refractivity contribution in [3.05, 3.63) is 34.7 Å². The van der Waals surface area contributed by atoms with Crippen LogP contribution in [0.3, 0.4) is 0 Å². The third-order valence-corrected chi connectivity index (χ3v) is 2.51. The van der Waals surface area contributed by atoms with Gasteiger partial charge in [0.05, 0.1) is 22.6 Å². The van der Waals surface area contributed by atoms with E-state index in [2.05, 4.69) is 20.6 Å². The molecule has 2 aromatic heterocycles. The quantitative estimate of drug-likeness (QED) is 0.876. The van der Waals surface area contributed by atoms with Gasteiger partial charge in [-0.25, -0.2) is 4.68 Å². The van der Waals surface area contributed by atoms with Gasteiger partial charge in [-0.15, -0.1) is 5.10 Å². The first kappa shape index (κ1) is 11.0. The van der Waals surface area contributed by atoms with E-state index in [1.54, 1.807) is 10.9 Å². The van der Waals surface area contributed by atoms with E-state index in [9.17, 15) is 0 Å². The standard InChI is InChI=1S/C10H12ClN5/c1-7-9(11)6-16(15-7)10-4-3-8(5-12-2)13-14-10/h3-4,6,12H,5H2,1-2H3. The van der Waals surface area contributed by atoms with E-state index in [0.29, 0.717) is 17.4 Å². The molecule has 0 bridgehead atoms. The van der Waals surface area contributed by atoms with Crippen molar-refractivity contribution in [1.29, 1.82) is 0 Å². The number of rotatable bonds is 3. The minimum Gasteiger partial charge on any atom is -0.314 e. The van der Waals surface area contributed by atoms with Crippen LogP contribution >= 0.6 is 11.6 Å².